The molecule has 1 fully saturated rings. The lowest BCUT2D eigenvalue weighted by Gasteiger charge is -2.29. The van der Waals surface area contributed by atoms with E-state index in [0.717, 1.165) is 9.87 Å². The van der Waals surface area contributed by atoms with Gasteiger partial charge in [-0.3, -0.25) is 19.3 Å². The monoisotopic (exact) mass is 457 g/mol. The summed E-state index contributed by atoms with van der Waals surface area (Å²) in [4.78, 5) is 38.7. The number of carbonyl (C=O) groups excluding carboxylic acids is 3. The van der Waals surface area contributed by atoms with Crippen molar-refractivity contribution < 1.29 is 27.5 Å². The fraction of sp³-hybridized carbons (Fsp3) is 0.318. The lowest BCUT2D eigenvalue weighted by molar-refractivity contribution is -0.151. The Balaban J connectivity index is 1.44. The normalized spacial score (nSPS) is 18.7. The highest BCUT2D eigenvalue weighted by Gasteiger charge is 2.40. The molecular formula is C22H23N3O6S. The van der Waals surface area contributed by atoms with Crippen molar-refractivity contribution in [2.24, 2.45) is 0 Å². The minimum atomic E-state index is -3.87. The molecule has 2 aliphatic rings. The van der Waals surface area contributed by atoms with Crippen LogP contribution in [0.1, 0.15) is 18.4 Å². The van der Waals surface area contributed by atoms with Crippen LogP contribution in [0.2, 0.25) is 0 Å². The average molecular weight is 458 g/mol. The third-order valence-electron chi connectivity index (χ3n) is 5.51. The molecule has 1 atom stereocenters. The number of carbonyl (C=O) groups is 3. The summed E-state index contributed by atoms with van der Waals surface area (Å²) in [5, 5.41) is 2.68. The molecule has 10 heteroatoms. The number of hydrogen-bond acceptors (Lipinski definition) is 6. The number of nitrogens with zero attached hydrogens (tertiary/aromatic N) is 2. The van der Waals surface area contributed by atoms with Crippen molar-refractivity contribution >= 4 is 39.2 Å². The van der Waals surface area contributed by atoms with Crippen LogP contribution in [0, 0.1) is 6.92 Å². The number of anilines is 2. The molecule has 32 heavy (non-hydrogen) atoms. The standard InChI is InChI=1S/C22H23N3O6S/c1-15-8-10-16(11-9-15)32(29,30)25-12-4-7-19(25)22(28)31-14-21(27)24-13-20(26)23-17-5-2-3-6-18(17)24/h2-3,5-6,8-11,19H,4,7,12-14H2,1H3,(H,23,26)/t19-/m0/s1. The molecule has 1 N–H and O–H groups in total. The molecule has 0 radical (unpaired) electrons. The minimum Gasteiger partial charge on any atom is -0.454 e. The van der Waals surface area contributed by atoms with Gasteiger partial charge in [-0.1, -0.05) is 29.8 Å². The molecule has 0 aliphatic carbocycles. The van der Waals surface area contributed by atoms with Crippen molar-refractivity contribution in [1.29, 1.82) is 0 Å². The predicted molar refractivity (Wildman–Crippen MR) is 116 cm³/mol. The van der Waals surface area contributed by atoms with E-state index < -0.39 is 34.5 Å². The number of ether oxygens (including phenoxy) is 1. The molecule has 0 spiro atoms. The summed E-state index contributed by atoms with van der Waals surface area (Å²) in [5.74, 6) is -1.69. The SMILES string of the molecule is Cc1ccc(S(=O)(=O)N2CCC[C@H]2C(=O)OCC(=O)N2CC(=O)Nc3ccccc32)cc1. The molecule has 0 aromatic heterocycles. The van der Waals surface area contributed by atoms with E-state index in [-0.39, 0.29) is 23.9 Å². The van der Waals surface area contributed by atoms with Gasteiger partial charge in [-0.05, 0) is 44.0 Å². The summed E-state index contributed by atoms with van der Waals surface area (Å²) in [6.07, 6.45) is 0.825. The van der Waals surface area contributed by atoms with Crippen molar-refractivity contribution in [3.63, 3.8) is 0 Å². The second kappa shape index (κ2) is 8.71. The van der Waals surface area contributed by atoms with Gasteiger partial charge in [0.05, 0.1) is 16.3 Å². The zero-order valence-corrected chi connectivity index (χ0v) is 18.3. The molecule has 1 saturated heterocycles. The maximum atomic E-state index is 13.0. The summed E-state index contributed by atoms with van der Waals surface area (Å²) >= 11 is 0. The van der Waals surface area contributed by atoms with Gasteiger partial charge in [-0.2, -0.15) is 4.31 Å². The molecule has 2 amide bonds. The Morgan fingerprint density at radius 1 is 1.12 bits per heavy atom. The van der Waals surface area contributed by atoms with Crippen LogP contribution < -0.4 is 10.2 Å². The molecule has 0 bridgehead atoms. The highest BCUT2D eigenvalue weighted by Crippen LogP contribution is 2.30. The molecular weight excluding hydrogens is 434 g/mol. The second-order valence-corrected chi connectivity index (χ2v) is 9.63. The lowest BCUT2D eigenvalue weighted by atomic mass is 10.2. The van der Waals surface area contributed by atoms with Gasteiger partial charge in [0.25, 0.3) is 5.91 Å². The molecule has 4 rings (SSSR count). The Morgan fingerprint density at radius 2 is 1.84 bits per heavy atom. The third-order valence-corrected chi connectivity index (χ3v) is 7.44. The van der Waals surface area contributed by atoms with E-state index in [1.807, 2.05) is 6.92 Å². The Morgan fingerprint density at radius 3 is 2.59 bits per heavy atom. The van der Waals surface area contributed by atoms with Crippen LogP contribution >= 0.6 is 0 Å². The first-order valence-corrected chi connectivity index (χ1v) is 11.7. The number of rotatable bonds is 5. The molecule has 2 aromatic carbocycles. The Kier molecular flexibility index (Phi) is 5.98. The van der Waals surface area contributed by atoms with Crippen LogP contribution in [-0.4, -0.2) is 56.2 Å². The number of aryl methyl sites for hydroxylation is 1. The quantitative estimate of drug-likeness (QED) is 0.684. The van der Waals surface area contributed by atoms with E-state index in [0.29, 0.717) is 24.2 Å². The second-order valence-electron chi connectivity index (χ2n) is 7.74. The van der Waals surface area contributed by atoms with E-state index in [9.17, 15) is 22.8 Å². The summed E-state index contributed by atoms with van der Waals surface area (Å²) in [6.45, 7) is 1.28. The van der Waals surface area contributed by atoms with Gasteiger partial charge in [0.15, 0.2) is 6.61 Å². The number of esters is 1. The van der Waals surface area contributed by atoms with Gasteiger partial charge < -0.3 is 10.1 Å². The number of benzene rings is 2. The van der Waals surface area contributed by atoms with E-state index >= 15 is 0 Å². The smallest absolute Gasteiger partial charge is 0.324 e. The first-order valence-electron chi connectivity index (χ1n) is 10.2. The number of hydrogen-bond donors (Lipinski definition) is 1. The topological polar surface area (TPSA) is 113 Å². The van der Waals surface area contributed by atoms with Gasteiger partial charge >= 0.3 is 5.97 Å². The van der Waals surface area contributed by atoms with Crippen molar-refractivity contribution in [3.8, 4) is 0 Å². The molecule has 0 unspecified atom stereocenters. The minimum absolute atomic E-state index is 0.106. The van der Waals surface area contributed by atoms with Crippen molar-refractivity contribution in [2.45, 2.75) is 30.7 Å². The van der Waals surface area contributed by atoms with Crippen LogP contribution in [0.3, 0.4) is 0 Å². The maximum absolute atomic E-state index is 13.0. The number of nitrogens with one attached hydrogen (secondary N) is 1. The third kappa shape index (κ3) is 4.23. The number of para-hydroxylation sites is 2. The summed E-state index contributed by atoms with van der Waals surface area (Å²) < 4.78 is 32.4. The van der Waals surface area contributed by atoms with Gasteiger partial charge in [-0.15, -0.1) is 0 Å². The van der Waals surface area contributed by atoms with Crippen LogP contribution in [0.4, 0.5) is 11.4 Å². The molecule has 0 saturated carbocycles. The van der Waals surface area contributed by atoms with E-state index in [2.05, 4.69) is 5.32 Å². The molecule has 168 valence electrons. The molecule has 2 aromatic rings. The maximum Gasteiger partial charge on any atom is 0.324 e. The van der Waals surface area contributed by atoms with E-state index in [1.54, 1.807) is 36.4 Å². The number of sulfonamides is 1. The van der Waals surface area contributed by atoms with Crippen molar-refractivity contribution in [2.75, 3.05) is 29.9 Å². The molecule has 2 aliphatic heterocycles. The predicted octanol–water partition coefficient (Wildman–Crippen LogP) is 1.68. The van der Waals surface area contributed by atoms with Crippen LogP contribution in [0.25, 0.3) is 0 Å². The fourth-order valence-corrected chi connectivity index (χ4v) is 5.52. The first kappa shape index (κ1) is 22.0. The Hall–Kier alpha value is -3.24. The van der Waals surface area contributed by atoms with Gasteiger partial charge in [0.1, 0.15) is 12.6 Å². The molecule has 9 nitrogen and oxygen atoms in total. The van der Waals surface area contributed by atoms with Crippen molar-refractivity contribution in [1.82, 2.24) is 4.31 Å². The largest absolute Gasteiger partial charge is 0.454 e. The summed E-state index contributed by atoms with van der Waals surface area (Å²) in [7, 11) is -3.87. The highest BCUT2D eigenvalue weighted by atomic mass is 32.2. The van der Waals surface area contributed by atoms with Crippen LogP contribution in [0.5, 0.6) is 0 Å². The van der Waals surface area contributed by atoms with Gasteiger partial charge in [-0.25, -0.2) is 8.42 Å². The molecule has 2 heterocycles. The average Bonchev–Trinajstić information content (AvgIpc) is 3.28. The summed E-state index contributed by atoms with van der Waals surface area (Å²) in [6, 6.07) is 12.2. The summed E-state index contributed by atoms with van der Waals surface area (Å²) in [5.41, 5.74) is 1.93. The zero-order chi connectivity index (χ0) is 22.9. The Labute approximate surface area is 186 Å². The van der Waals surface area contributed by atoms with Crippen molar-refractivity contribution in [3.05, 3.63) is 54.1 Å². The number of fused-ring (bicyclic) bond motifs is 1. The van der Waals surface area contributed by atoms with E-state index in [1.165, 1.54) is 17.0 Å². The first-order chi connectivity index (χ1) is 15.3. The Bertz CT molecular complexity index is 1160. The number of amides is 2. The van der Waals surface area contributed by atoms with E-state index in [4.69, 9.17) is 4.74 Å². The zero-order valence-electron chi connectivity index (χ0n) is 17.5. The highest BCUT2D eigenvalue weighted by molar-refractivity contribution is 7.89. The van der Waals surface area contributed by atoms with Gasteiger partial charge in [0.2, 0.25) is 15.9 Å². The fourth-order valence-electron chi connectivity index (χ4n) is 3.87. The van der Waals surface area contributed by atoms with Gasteiger partial charge in [0, 0.05) is 6.54 Å². The lowest BCUT2D eigenvalue weighted by Crippen LogP contribution is -2.45. The van der Waals surface area contributed by atoms with Crippen LogP contribution in [-0.2, 0) is 29.1 Å². The van der Waals surface area contributed by atoms with Crippen LogP contribution in [0.15, 0.2) is 53.4 Å².